The first-order chi connectivity index (χ1) is 16.6. The van der Waals surface area contributed by atoms with Crippen molar-refractivity contribution in [2.45, 2.75) is 51.0 Å². The molecule has 1 fully saturated rings. The van der Waals surface area contributed by atoms with E-state index in [1.54, 1.807) is 31.4 Å². The zero-order chi connectivity index (χ0) is 24.2. The number of rotatable bonds is 11. The highest BCUT2D eigenvalue weighted by Crippen LogP contribution is 2.27. The SMILES string of the molecule is COc1ccc(NCCNC(=O)[C@H](CCC2CCCCC2)NC(=O)c2cccc(C#N)c2)cc1. The van der Waals surface area contributed by atoms with Gasteiger partial charge >= 0.3 is 0 Å². The lowest BCUT2D eigenvalue weighted by Crippen LogP contribution is -2.47. The van der Waals surface area contributed by atoms with Crippen molar-refractivity contribution in [2.75, 3.05) is 25.5 Å². The standard InChI is InChI=1S/C27H34N4O3/c1-34-24-13-11-23(12-14-24)29-16-17-30-27(33)25(15-10-20-6-3-2-4-7-20)31-26(32)22-9-5-8-21(18-22)19-28/h5,8-9,11-14,18,20,25,29H,2-4,6-7,10,15-17H2,1H3,(H,30,33)(H,31,32)/t25-/m0/s1. The molecule has 0 aromatic heterocycles. The predicted octanol–water partition coefficient (Wildman–Crippen LogP) is 4.25. The van der Waals surface area contributed by atoms with E-state index in [4.69, 9.17) is 10.00 Å². The van der Waals surface area contributed by atoms with E-state index < -0.39 is 6.04 Å². The number of carbonyl (C=O) groups is 2. The Bertz CT molecular complexity index is 978. The van der Waals surface area contributed by atoms with Gasteiger partial charge in [0.05, 0.1) is 18.7 Å². The molecule has 0 saturated heterocycles. The number of nitriles is 1. The number of methoxy groups -OCH3 is 1. The molecular weight excluding hydrogens is 428 g/mol. The lowest BCUT2D eigenvalue weighted by Gasteiger charge is -2.24. The number of amides is 2. The number of anilines is 1. The Morgan fingerprint density at radius 1 is 1.09 bits per heavy atom. The van der Waals surface area contributed by atoms with E-state index in [0.717, 1.165) is 17.9 Å². The number of ether oxygens (including phenoxy) is 1. The van der Waals surface area contributed by atoms with Gasteiger partial charge in [0, 0.05) is 24.3 Å². The van der Waals surface area contributed by atoms with Crippen LogP contribution in [0.2, 0.25) is 0 Å². The van der Waals surface area contributed by atoms with Crippen molar-refractivity contribution in [1.29, 1.82) is 5.26 Å². The van der Waals surface area contributed by atoms with Crippen LogP contribution >= 0.6 is 0 Å². The molecule has 7 nitrogen and oxygen atoms in total. The molecule has 2 aromatic carbocycles. The average Bonchev–Trinajstić information content (AvgIpc) is 2.89. The Kier molecular flexibility index (Phi) is 9.78. The van der Waals surface area contributed by atoms with Crippen molar-refractivity contribution in [1.82, 2.24) is 10.6 Å². The third-order valence-corrected chi connectivity index (χ3v) is 6.31. The van der Waals surface area contributed by atoms with Crippen LogP contribution in [0.5, 0.6) is 5.75 Å². The zero-order valence-corrected chi connectivity index (χ0v) is 19.8. The molecule has 3 rings (SSSR count). The lowest BCUT2D eigenvalue weighted by atomic mass is 9.85. The first-order valence-electron chi connectivity index (χ1n) is 12.1. The van der Waals surface area contributed by atoms with E-state index in [2.05, 4.69) is 16.0 Å². The number of hydrogen-bond donors (Lipinski definition) is 3. The molecule has 0 unspecified atom stereocenters. The monoisotopic (exact) mass is 462 g/mol. The summed E-state index contributed by atoms with van der Waals surface area (Å²) in [6, 6.07) is 15.6. The average molecular weight is 463 g/mol. The van der Waals surface area contributed by atoms with Gasteiger partial charge in [-0.1, -0.05) is 38.2 Å². The van der Waals surface area contributed by atoms with Crippen molar-refractivity contribution in [2.24, 2.45) is 5.92 Å². The minimum absolute atomic E-state index is 0.183. The molecule has 180 valence electrons. The number of nitrogens with one attached hydrogen (secondary N) is 3. The summed E-state index contributed by atoms with van der Waals surface area (Å²) in [7, 11) is 1.63. The number of benzene rings is 2. The van der Waals surface area contributed by atoms with Crippen LogP contribution in [0.15, 0.2) is 48.5 Å². The van der Waals surface area contributed by atoms with Gasteiger partial charge in [-0.3, -0.25) is 9.59 Å². The quantitative estimate of drug-likeness (QED) is 0.433. The van der Waals surface area contributed by atoms with Crippen molar-refractivity contribution in [3.8, 4) is 11.8 Å². The molecule has 0 radical (unpaired) electrons. The molecule has 1 aliphatic rings. The number of hydrogen-bond acceptors (Lipinski definition) is 5. The Balaban J connectivity index is 1.55. The highest BCUT2D eigenvalue weighted by molar-refractivity contribution is 5.97. The van der Waals surface area contributed by atoms with Crippen molar-refractivity contribution in [3.05, 3.63) is 59.7 Å². The molecule has 0 spiro atoms. The van der Waals surface area contributed by atoms with Crippen LogP contribution in [-0.4, -0.2) is 38.1 Å². The third-order valence-electron chi connectivity index (χ3n) is 6.31. The van der Waals surface area contributed by atoms with Gasteiger partial charge in [-0.15, -0.1) is 0 Å². The summed E-state index contributed by atoms with van der Waals surface area (Å²) < 4.78 is 5.16. The molecule has 34 heavy (non-hydrogen) atoms. The van der Waals surface area contributed by atoms with Gasteiger partial charge in [-0.2, -0.15) is 5.26 Å². The Morgan fingerprint density at radius 2 is 1.85 bits per heavy atom. The Hall–Kier alpha value is -3.53. The summed E-state index contributed by atoms with van der Waals surface area (Å²) in [5.74, 6) is 0.879. The van der Waals surface area contributed by atoms with E-state index in [-0.39, 0.29) is 11.8 Å². The molecule has 0 aliphatic heterocycles. The van der Waals surface area contributed by atoms with Gasteiger partial charge in [0.1, 0.15) is 11.8 Å². The fourth-order valence-corrected chi connectivity index (χ4v) is 4.34. The second kappa shape index (κ2) is 13.2. The number of carbonyl (C=O) groups excluding carboxylic acids is 2. The van der Waals surface area contributed by atoms with Crippen LogP contribution in [0.1, 0.15) is 60.9 Å². The first kappa shape index (κ1) is 25.1. The largest absolute Gasteiger partial charge is 0.497 e. The summed E-state index contributed by atoms with van der Waals surface area (Å²) in [6.07, 6.45) is 7.68. The fraction of sp³-hybridized carbons (Fsp3) is 0.444. The van der Waals surface area contributed by atoms with Crippen LogP contribution in [0.3, 0.4) is 0 Å². The lowest BCUT2D eigenvalue weighted by molar-refractivity contribution is -0.123. The maximum atomic E-state index is 13.0. The third kappa shape index (κ3) is 7.80. The topological polar surface area (TPSA) is 103 Å². The van der Waals surface area contributed by atoms with E-state index >= 15 is 0 Å². The summed E-state index contributed by atoms with van der Waals surface area (Å²) in [4.78, 5) is 25.8. The van der Waals surface area contributed by atoms with Crippen molar-refractivity contribution < 1.29 is 14.3 Å². The zero-order valence-electron chi connectivity index (χ0n) is 19.8. The molecule has 1 aliphatic carbocycles. The van der Waals surface area contributed by atoms with Gasteiger partial charge in [0.25, 0.3) is 5.91 Å². The molecule has 2 amide bonds. The summed E-state index contributed by atoms with van der Waals surface area (Å²) in [5.41, 5.74) is 1.74. The van der Waals surface area contributed by atoms with Crippen LogP contribution in [0.4, 0.5) is 5.69 Å². The van der Waals surface area contributed by atoms with E-state index in [0.29, 0.717) is 36.6 Å². The highest BCUT2D eigenvalue weighted by Gasteiger charge is 2.23. The number of nitrogens with zero attached hydrogens (tertiary/aromatic N) is 1. The smallest absolute Gasteiger partial charge is 0.251 e. The first-order valence-corrected chi connectivity index (χ1v) is 12.1. The molecule has 1 atom stereocenters. The van der Waals surface area contributed by atoms with Crippen LogP contribution in [-0.2, 0) is 4.79 Å². The maximum absolute atomic E-state index is 13.0. The minimum atomic E-state index is -0.610. The van der Waals surface area contributed by atoms with Crippen LogP contribution in [0, 0.1) is 17.2 Å². The summed E-state index contributed by atoms with van der Waals surface area (Å²) >= 11 is 0. The van der Waals surface area contributed by atoms with Crippen LogP contribution in [0.25, 0.3) is 0 Å². The summed E-state index contributed by atoms with van der Waals surface area (Å²) in [6.45, 7) is 0.996. The van der Waals surface area contributed by atoms with Crippen molar-refractivity contribution in [3.63, 3.8) is 0 Å². The van der Waals surface area contributed by atoms with Crippen LogP contribution < -0.4 is 20.7 Å². The fourth-order valence-electron chi connectivity index (χ4n) is 4.34. The maximum Gasteiger partial charge on any atom is 0.251 e. The van der Waals surface area contributed by atoms with E-state index in [9.17, 15) is 9.59 Å². The predicted molar refractivity (Wildman–Crippen MR) is 133 cm³/mol. The Labute approximate surface area is 201 Å². The van der Waals surface area contributed by atoms with Gasteiger partial charge in [-0.25, -0.2) is 0 Å². The minimum Gasteiger partial charge on any atom is -0.497 e. The molecule has 2 aromatic rings. The van der Waals surface area contributed by atoms with Gasteiger partial charge < -0.3 is 20.7 Å². The van der Waals surface area contributed by atoms with Gasteiger partial charge in [-0.05, 0) is 61.2 Å². The Morgan fingerprint density at radius 3 is 2.56 bits per heavy atom. The van der Waals surface area contributed by atoms with Gasteiger partial charge in [0.15, 0.2) is 0 Å². The molecule has 0 bridgehead atoms. The molecule has 0 heterocycles. The second-order valence-corrected chi connectivity index (χ2v) is 8.75. The highest BCUT2D eigenvalue weighted by atomic mass is 16.5. The van der Waals surface area contributed by atoms with Crippen molar-refractivity contribution >= 4 is 17.5 Å². The molecular formula is C27H34N4O3. The molecule has 7 heteroatoms. The second-order valence-electron chi connectivity index (χ2n) is 8.75. The normalized spacial score (nSPS) is 14.5. The summed E-state index contributed by atoms with van der Waals surface area (Å²) in [5, 5.41) is 18.2. The van der Waals surface area contributed by atoms with E-state index in [1.807, 2.05) is 30.3 Å². The van der Waals surface area contributed by atoms with Gasteiger partial charge in [0.2, 0.25) is 5.91 Å². The van der Waals surface area contributed by atoms with E-state index in [1.165, 1.54) is 32.1 Å². The molecule has 1 saturated carbocycles. The molecule has 3 N–H and O–H groups in total.